The zero-order chi connectivity index (χ0) is 18.9. The van der Waals surface area contributed by atoms with Gasteiger partial charge >= 0.3 is 24.2 Å². The molecule has 0 spiro atoms. The van der Waals surface area contributed by atoms with Crippen LogP contribution in [0.2, 0.25) is 0 Å². The summed E-state index contributed by atoms with van der Waals surface area (Å²) in [6.45, 7) is -2.23. The summed E-state index contributed by atoms with van der Waals surface area (Å²) in [5.41, 5.74) is 0. The molecule has 0 bridgehead atoms. The SMILES string of the molecule is COCCOCCOCCOCC(F)(F)C(F)(F)C(F)(F)C(F)F. The first-order valence-corrected chi connectivity index (χ1v) is 6.64. The molecule has 4 nitrogen and oxygen atoms in total. The Hall–Kier alpha value is -0.720. The van der Waals surface area contributed by atoms with Gasteiger partial charge in [-0.05, 0) is 0 Å². The van der Waals surface area contributed by atoms with Crippen molar-refractivity contribution in [1.29, 1.82) is 0 Å². The standard InChI is InChI=1S/C12H18F8O4/c1-21-2-3-22-4-5-23-6-7-24-8-10(15,16)12(19,20)11(17,18)9(13)14/h9H,2-8H2,1H3. The molecule has 0 radical (unpaired) electrons. The molecule has 0 heterocycles. The molecular formula is C12H18F8O4. The lowest BCUT2D eigenvalue weighted by Gasteiger charge is -2.31. The van der Waals surface area contributed by atoms with Gasteiger partial charge in [0.15, 0.2) is 0 Å². The molecule has 0 rings (SSSR count). The Labute approximate surface area is 133 Å². The molecular weight excluding hydrogens is 360 g/mol. The van der Waals surface area contributed by atoms with Gasteiger partial charge in [0.25, 0.3) is 0 Å². The summed E-state index contributed by atoms with van der Waals surface area (Å²) in [5.74, 6) is -17.9. The minimum atomic E-state index is -6.26. The van der Waals surface area contributed by atoms with E-state index < -0.39 is 37.4 Å². The van der Waals surface area contributed by atoms with E-state index in [-0.39, 0.29) is 19.8 Å². The smallest absolute Gasteiger partial charge is 0.380 e. The average molecular weight is 378 g/mol. The summed E-state index contributed by atoms with van der Waals surface area (Å²) in [5, 5.41) is 0. The van der Waals surface area contributed by atoms with Crippen LogP contribution in [0.1, 0.15) is 0 Å². The molecule has 0 aromatic heterocycles. The fraction of sp³-hybridized carbons (Fsp3) is 1.00. The molecule has 0 aromatic carbocycles. The van der Waals surface area contributed by atoms with Gasteiger partial charge < -0.3 is 18.9 Å². The quantitative estimate of drug-likeness (QED) is 0.344. The largest absolute Gasteiger partial charge is 0.382 e. The highest BCUT2D eigenvalue weighted by Crippen LogP contribution is 2.48. The van der Waals surface area contributed by atoms with Crippen molar-refractivity contribution in [2.24, 2.45) is 0 Å². The van der Waals surface area contributed by atoms with E-state index in [9.17, 15) is 35.1 Å². The zero-order valence-electron chi connectivity index (χ0n) is 12.7. The molecule has 0 atom stereocenters. The predicted molar refractivity (Wildman–Crippen MR) is 65.2 cm³/mol. The molecule has 12 heteroatoms. The molecule has 0 fully saturated rings. The van der Waals surface area contributed by atoms with Crippen molar-refractivity contribution in [3.63, 3.8) is 0 Å². The maximum atomic E-state index is 13.0. The molecule has 24 heavy (non-hydrogen) atoms. The normalized spacial score (nSPS) is 13.8. The van der Waals surface area contributed by atoms with Gasteiger partial charge in [-0.1, -0.05) is 0 Å². The summed E-state index contributed by atoms with van der Waals surface area (Å²) in [4.78, 5) is 0. The van der Waals surface area contributed by atoms with Crippen LogP contribution in [-0.2, 0) is 18.9 Å². The van der Waals surface area contributed by atoms with Gasteiger partial charge in [-0.25, -0.2) is 8.78 Å². The van der Waals surface area contributed by atoms with Crippen LogP contribution in [0.4, 0.5) is 35.1 Å². The first kappa shape index (κ1) is 23.3. The maximum Gasteiger partial charge on any atom is 0.380 e. The van der Waals surface area contributed by atoms with Crippen LogP contribution in [0, 0.1) is 0 Å². The molecule has 0 aliphatic heterocycles. The van der Waals surface area contributed by atoms with Gasteiger partial charge in [0.1, 0.15) is 6.61 Å². The summed E-state index contributed by atoms with van der Waals surface area (Å²) in [6.07, 6.45) is -4.94. The Balaban J connectivity index is 4.04. The third kappa shape index (κ3) is 6.65. The third-order valence-electron chi connectivity index (χ3n) is 2.61. The topological polar surface area (TPSA) is 36.9 Å². The fourth-order valence-corrected chi connectivity index (χ4v) is 1.25. The van der Waals surface area contributed by atoms with E-state index in [1.54, 1.807) is 0 Å². The van der Waals surface area contributed by atoms with Crippen LogP contribution >= 0.6 is 0 Å². The van der Waals surface area contributed by atoms with Gasteiger partial charge in [0.05, 0.1) is 39.6 Å². The van der Waals surface area contributed by atoms with Crippen molar-refractivity contribution < 1.29 is 54.1 Å². The molecule has 0 aromatic rings. The van der Waals surface area contributed by atoms with Gasteiger partial charge in [-0.3, -0.25) is 0 Å². The average Bonchev–Trinajstić information content (AvgIpc) is 2.48. The maximum absolute atomic E-state index is 13.0. The van der Waals surface area contributed by atoms with Crippen LogP contribution in [0.25, 0.3) is 0 Å². The van der Waals surface area contributed by atoms with Crippen molar-refractivity contribution in [1.82, 2.24) is 0 Å². The highest BCUT2D eigenvalue weighted by atomic mass is 19.4. The number of halogens is 8. The van der Waals surface area contributed by atoms with Crippen molar-refractivity contribution in [3.8, 4) is 0 Å². The van der Waals surface area contributed by atoms with Crippen LogP contribution in [-0.4, -0.2) is 77.6 Å². The van der Waals surface area contributed by atoms with Crippen LogP contribution in [0.15, 0.2) is 0 Å². The van der Waals surface area contributed by atoms with E-state index >= 15 is 0 Å². The Morgan fingerprint density at radius 1 is 0.708 bits per heavy atom. The van der Waals surface area contributed by atoms with E-state index in [0.29, 0.717) is 13.2 Å². The van der Waals surface area contributed by atoms with Gasteiger partial charge in [-0.15, -0.1) is 0 Å². The van der Waals surface area contributed by atoms with E-state index in [2.05, 4.69) is 9.47 Å². The first-order valence-electron chi connectivity index (χ1n) is 6.64. The minimum absolute atomic E-state index is 0.0447. The lowest BCUT2D eigenvalue weighted by Crippen LogP contribution is -2.59. The number of hydrogen-bond acceptors (Lipinski definition) is 4. The van der Waals surface area contributed by atoms with E-state index in [4.69, 9.17) is 9.47 Å². The van der Waals surface area contributed by atoms with Crippen molar-refractivity contribution in [3.05, 3.63) is 0 Å². The van der Waals surface area contributed by atoms with Crippen LogP contribution in [0.5, 0.6) is 0 Å². The second kappa shape index (κ2) is 10.3. The molecule has 0 N–H and O–H groups in total. The van der Waals surface area contributed by atoms with Crippen molar-refractivity contribution in [2.45, 2.75) is 24.2 Å². The number of rotatable bonds is 14. The highest BCUT2D eigenvalue weighted by molar-refractivity contribution is 4.97. The van der Waals surface area contributed by atoms with Crippen molar-refractivity contribution >= 4 is 0 Å². The summed E-state index contributed by atoms with van der Waals surface area (Å²) in [7, 11) is 1.47. The monoisotopic (exact) mass is 378 g/mol. The fourth-order valence-electron chi connectivity index (χ4n) is 1.25. The molecule has 146 valence electrons. The number of methoxy groups -OCH3 is 1. The second-order valence-electron chi connectivity index (χ2n) is 4.47. The number of ether oxygens (including phenoxy) is 4. The molecule has 0 saturated carbocycles. The molecule has 0 aliphatic carbocycles. The Kier molecular flexibility index (Phi) is 10.0. The number of hydrogen-bond donors (Lipinski definition) is 0. The van der Waals surface area contributed by atoms with Crippen LogP contribution in [0.3, 0.4) is 0 Å². The zero-order valence-corrected chi connectivity index (χ0v) is 12.7. The first-order chi connectivity index (χ1) is 11.0. The lowest BCUT2D eigenvalue weighted by molar-refractivity contribution is -0.346. The Bertz CT molecular complexity index is 341. The summed E-state index contributed by atoms with van der Waals surface area (Å²) >= 11 is 0. The van der Waals surface area contributed by atoms with E-state index in [1.807, 2.05) is 0 Å². The molecule has 0 aliphatic rings. The summed E-state index contributed by atoms with van der Waals surface area (Å²) in [6, 6.07) is 0. The van der Waals surface area contributed by atoms with E-state index in [0.717, 1.165) is 0 Å². The van der Waals surface area contributed by atoms with Gasteiger partial charge in [0, 0.05) is 7.11 Å². The van der Waals surface area contributed by atoms with Gasteiger partial charge in [-0.2, -0.15) is 26.3 Å². The van der Waals surface area contributed by atoms with Crippen LogP contribution < -0.4 is 0 Å². The highest BCUT2D eigenvalue weighted by Gasteiger charge is 2.75. The molecule has 0 amide bonds. The van der Waals surface area contributed by atoms with E-state index in [1.165, 1.54) is 7.11 Å². The summed E-state index contributed by atoms with van der Waals surface area (Å²) < 4.78 is 119. The Morgan fingerprint density at radius 3 is 1.54 bits per heavy atom. The third-order valence-corrected chi connectivity index (χ3v) is 2.61. The lowest BCUT2D eigenvalue weighted by atomic mass is 10.1. The minimum Gasteiger partial charge on any atom is -0.382 e. The second-order valence-corrected chi connectivity index (χ2v) is 4.47. The molecule has 0 saturated heterocycles. The Morgan fingerprint density at radius 2 is 1.12 bits per heavy atom. The number of alkyl halides is 8. The van der Waals surface area contributed by atoms with Crippen molar-refractivity contribution in [2.75, 3.05) is 53.4 Å². The predicted octanol–water partition coefficient (Wildman–Crippen LogP) is 2.85. The van der Waals surface area contributed by atoms with Gasteiger partial charge in [0.2, 0.25) is 0 Å². The molecule has 0 unspecified atom stereocenters.